The molecule has 0 saturated heterocycles. The van der Waals surface area contributed by atoms with E-state index in [4.69, 9.17) is 0 Å². The van der Waals surface area contributed by atoms with Gasteiger partial charge in [0.25, 0.3) is 0 Å². The van der Waals surface area contributed by atoms with E-state index in [0.717, 1.165) is 12.8 Å². The monoisotopic (exact) mass is 166 g/mol. The Bertz CT molecular complexity index is 241. The molecule has 0 aromatic carbocycles. The molecule has 0 heterocycles. The van der Waals surface area contributed by atoms with Crippen molar-refractivity contribution in [1.29, 1.82) is 0 Å². The van der Waals surface area contributed by atoms with Gasteiger partial charge in [0.1, 0.15) is 0 Å². The summed E-state index contributed by atoms with van der Waals surface area (Å²) < 4.78 is 0. The number of aliphatic hydroxyl groups excluding tert-OH is 1. The minimum atomic E-state index is -0.139. The Hall–Kier alpha value is -0.300. The molecule has 1 N–H and O–H groups in total. The van der Waals surface area contributed by atoms with Crippen molar-refractivity contribution in [3.05, 3.63) is 12.2 Å². The SMILES string of the molecule is C=C1CC2(C)CC(C)(C)C1C2O. The number of hydrogen-bond acceptors (Lipinski definition) is 1. The summed E-state index contributed by atoms with van der Waals surface area (Å²) in [5.41, 5.74) is 1.66. The van der Waals surface area contributed by atoms with Gasteiger partial charge in [-0.2, -0.15) is 0 Å². The highest BCUT2D eigenvalue weighted by atomic mass is 16.3. The molecule has 0 radical (unpaired) electrons. The summed E-state index contributed by atoms with van der Waals surface area (Å²) in [6.07, 6.45) is 2.03. The van der Waals surface area contributed by atoms with Gasteiger partial charge in [-0.25, -0.2) is 0 Å². The third-order valence-corrected chi connectivity index (χ3v) is 3.80. The van der Waals surface area contributed by atoms with Crippen LogP contribution in [0.4, 0.5) is 0 Å². The predicted octanol–water partition coefficient (Wildman–Crippen LogP) is 2.36. The Labute approximate surface area is 74.5 Å². The van der Waals surface area contributed by atoms with Crippen LogP contribution in [0.15, 0.2) is 12.2 Å². The summed E-state index contributed by atoms with van der Waals surface area (Å²) in [5.74, 6) is 0.350. The summed E-state index contributed by atoms with van der Waals surface area (Å²) >= 11 is 0. The lowest BCUT2D eigenvalue weighted by atomic mass is 9.71. The van der Waals surface area contributed by atoms with Crippen LogP contribution in [-0.4, -0.2) is 11.2 Å². The van der Waals surface area contributed by atoms with E-state index in [1.807, 2.05) is 0 Å². The van der Waals surface area contributed by atoms with Crippen LogP contribution in [0.1, 0.15) is 33.6 Å². The van der Waals surface area contributed by atoms with Gasteiger partial charge in [0.15, 0.2) is 0 Å². The molecule has 12 heavy (non-hydrogen) atoms. The van der Waals surface area contributed by atoms with Gasteiger partial charge in [0.05, 0.1) is 6.10 Å². The van der Waals surface area contributed by atoms with Crippen LogP contribution in [0.3, 0.4) is 0 Å². The molecule has 0 spiro atoms. The molecule has 0 amide bonds. The molecule has 3 atom stereocenters. The Balaban J connectivity index is 2.43. The van der Waals surface area contributed by atoms with E-state index in [1.54, 1.807) is 0 Å². The second kappa shape index (κ2) is 1.95. The van der Waals surface area contributed by atoms with Crippen LogP contribution < -0.4 is 0 Å². The average Bonchev–Trinajstić information content (AvgIpc) is 2.09. The normalized spacial score (nSPS) is 50.2. The highest BCUT2D eigenvalue weighted by molar-refractivity contribution is 5.26. The van der Waals surface area contributed by atoms with Crippen LogP contribution >= 0.6 is 0 Å². The van der Waals surface area contributed by atoms with Gasteiger partial charge in [0, 0.05) is 5.92 Å². The summed E-state index contributed by atoms with van der Waals surface area (Å²) in [4.78, 5) is 0. The summed E-state index contributed by atoms with van der Waals surface area (Å²) in [6, 6.07) is 0. The Morgan fingerprint density at radius 3 is 2.25 bits per heavy atom. The van der Waals surface area contributed by atoms with E-state index in [9.17, 15) is 5.11 Å². The topological polar surface area (TPSA) is 20.2 Å². The van der Waals surface area contributed by atoms with Gasteiger partial charge in [-0.1, -0.05) is 32.9 Å². The maximum atomic E-state index is 10.0. The predicted molar refractivity (Wildman–Crippen MR) is 49.8 cm³/mol. The van der Waals surface area contributed by atoms with Gasteiger partial charge in [0.2, 0.25) is 0 Å². The molecule has 3 unspecified atom stereocenters. The molecule has 1 heteroatoms. The Morgan fingerprint density at radius 2 is 2.00 bits per heavy atom. The second-order valence-corrected chi connectivity index (χ2v) is 5.58. The number of hydrogen-bond donors (Lipinski definition) is 1. The van der Waals surface area contributed by atoms with Crippen molar-refractivity contribution in [1.82, 2.24) is 0 Å². The third-order valence-electron chi connectivity index (χ3n) is 3.80. The van der Waals surface area contributed by atoms with E-state index < -0.39 is 0 Å². The van der Waals surface area contributed by atoms with Crippen molar-refractivity contribution in [3.8, 4) is 0 Å². The first kappa shape index (κ1) is 8.31. The van der Waals surface area contributed by atoms with Crippen molar-refractivity contribution >= 4 is 0 Å². The molecule has 2 aliphatic carbocycles. The van der Waals surface area contributed by atoms with Crippen molar-refractivity contribution in [3.63, 3.8) is 0 Å². The Kier molecular flexibility index (Phi) is 1.35. The van der Waals surface area contributed by atoms with E-state index in [-0.39, 0.29) is 16.9 Å². The molecule has 2 bridgehead atoms. The lowest BCUT2D eigenvalue weighted by Gasteiger charge is -2.33. The van der Waals surface area contributed by atoms with E-state index in [2.05, 4.69) is 27.4 Å². The van der Waals surface area contributed by atoms with Crippen molar-refractivity contribution < 1.29 is 5.11 Å². The van der Waals surface area contributed by atoms with Crippen LogP contribution in [0.2, 0.25) is 0 Å². The smallest absolute Gasteiger partial charge is 0.0667 e. The maximum Gasteiger partial charge on any atom is 0.0667 e. The lowest BCUT2D eigenvalue weighted by Crippen LogP contribution is -2.24. The van der Waals surface area contributed by atoms with E-state index in [0.29, 0.717) is 5.92 Å². The molecule has 2 rings (SSSR count). The highest BCUT2D eigenvalue weighted by Gasteiger charge is 2.60. The van der Waals surface area contributed by atoms with Gasteiger partial charge < -0.3 is 5.11 Å². The van der Waals surface area contributed by atoms with Crippen LogP contribution in [-0.2, 0) is 0 Å². The second-order valence-electron chi connectivity index (χ2n) is 5.58. The third kappa shape index (κ3) is 0.779. The van der Waals surface area contributed by atoms with Gasteiger partial charge in [-0.3, -0.25) is 0 Å². The number of rotatable bonds is 0. The maximum absolute atomic E-state index is 10.0. The molecular formula is C11H18O. The fourth-order valence-electron chi connectivity index (χ4n) is 3.66. The summed E-state index contributed by atoms with van der Waals surface area (Å²) in [6.45, 7) is 10.8. The lowest BCUT2D eigenvalue weighted by molar-refractivity contribution is 0.0737. The first-order valence-electron chi connectivity index (χ1n) is 4.73. The number of fused-ring (bicyclic) bond motifs is 2. The van der Waals surface area contributed by atoms with Crippen molar-refractivity contribution in [2.75, 3.05) is 0 Å². The fraction of sp³-hybridized carbons (Fsp3) is 0.818. The molecule has 1 nitrogen and oxygen atoms in total. The van der Waals surface area contributed by atoms with Gasteiger partial charge in [-0.05, 0) is 23.7 Å². The Morgan fingerprint density at radius 1 is 1.42 bits per heavy atom. The summed E-state index contributed by atoms with van der Waals surface area (Å²) in [5, 5.41) is 10.0. The molecular weight excluding hydrogens is 148 g/mol. The zero-order chi connectivity index (χ0) is 9.15. The minimum absolute atomic E-state index is 0.130. The molecule has 2 aliphatic rings. The van der Waals surface area contributed by atoms with Gasteiger partial charge >= 0.3 is 0 Å². The zero-order valence-corrected chi connectivity index (χ0v) is 8.22. The standard InChI is InChI=1S/C11H18O/c1-7-5-11(4)6-10(2,3)8(7)9(11)12/h8-9,12H,1,5-6H2,2-4H3. The van der Waals surface area contributed by atoms with Crippen molar-refractivity contribution in [2.45, 2.75) is 39.7 Å². The van der Waals surface area contributed by atoms with E-state index >= 15 is 0 Å². The quantitative estimate of drug-likeness (QED) is 0.548. The molecule has 0 aliphatic heterocycles. The molecule has 2 fully saturated rings. The first-order chi connectivity index (χ1) is 5.37. The minimum Gasteiger partial charge on any atom is -0.392 e. The van der Waals surface area contributed by atoms with Crippen LogP contribution in [0.5, 0.6) is 0 Å². The first-order valence-corrected chi connectivity index (χ1v) is 4.73. The number of aliphatic hydroxyl groups is 1. The van der Waals surface area contributed by atoms with Gasteiger partial charge in [-0.15, -0.1) is 0 Å². The molecule has 0 aromatic heterocycles. The fourth-order valence-corrected chi connectivity index (χ4v) is 3.66. The summed E-state index contributed by atoms with van der Waals surface area (Å²) in [7, 11) is 0. The van der Waals surface area contributed by atoms with E-state index in [1.165, 1.54) is 5.57 Å². The largest absolute Gasteiger partial charge is 0.392 e. The molecule has 0 aromatic rings. The van der Waals surface area contributed by atoms with Crippen LogP contribution in [0.25, 0.3) is 0 Å². The average molecular weight is 166 g/mol. The molecule has 68 valence electrons. The highest BCUT2D eigenvalue weighted by Crippen LogP contribution is 2.64. The zero-order valence-electron chi connectivity index (χ0n) is 8.22. The van der Waals surface area contributed by atoms with Crippen molar-refractivity contribution in [2.24, 2.45) is 16.7 Å². The molecule has 2 saturated carbocycles. The van der Waals surface area contributed by atoms with Crippen LogP contribution in [0, 0.1) is 16.7 Å².